The van der Waals surface area contributed by atoms with E-state index in [1.54, 1.807) is 18.2 Å². The van der Waals surface area contributed by atoms with Gasteiger partial charge in [0.25, 0.3) is 0 Å². The van der Waals surface area contributed by atoms with E-state index in [1.165, 1.54) is 12.5 Å². The van der Waals surface area contributed by atoms with Gasteiger partial charge >= 0.3 is 0 Å². The Kier molecular flexibility index (Phi) is 7.06. The van der Waals surface area contributed by atoms with Crippen LogP contribution in [0.4, 0.5) is 0 Å². The minimum Gasteiger partial charge on any atom is -0.507 e. The molecule has 0 aromatic heterocycles. The number of carbonyl (C=O) groups excluding carboxylic acids is 1. The predicted octanol–water partition coefficient (Wildman–Crippen LogP) is 7.05. The van der Waals surface area contributed by atoms with Crippen LogP contribution >= 0.6 is 23.2 Å². The molecule has 1 N–H and O–H groups in total. The molecule has 0 fully saturated rings. The molecule has 3 aromatic rings. The zero-order valence-corrected chi connectivity index (χ0v) is 18.7. The molecular weight excluding hydrogens is 419 g/mol. The second-order valence-corrected chi connectivity index (χ2v) is 8.48. The number of hydrogen-bond acceptors (Lipinski definition) is 3. The van der Waals surface area contributed by atoms with E-state index in [2.05, 4.69) is 26.0 Å². The summed E-state index contributed by atoms with van der Waals surface area (Å²) in [5.74, 6) is 1.01. The number of ketones is 1. The molecule has 30 heavy (non-hydrogen) atoms. The quantitative estimate of drug-likeness (QED) is 0.426. The monoisotopic (exact) mass is 442 g/mol. The number of Topliss-reactive ketones (excluding diaryl/α,β-unsaturated/α-hetero) is 1. The van der Waals surface area contributed by atoms with Gasteiger partial charge in [-0.05, 0) is 59.4 Å². The molecule has 0 atom stereocenters. The first-order valence-electron chi connectivity index (χ1n) is 9.77. The van der Waals surface area contributed by atoms with Gasteiger partial charge in [-0.2, -0.15) is 0 Å². The van der Waals surface area contributed by atoms with E-state index >= 15 is 0 Å². The predicted molar refractivity (Wildman–Crippen MR) is 123 cm³/mol. The third kappa shape index (κ3) is 5.35. The number of rotatable bonds is 7. The second-order valence-electron chi connectivity index (χ2n) is 7.66. The van der Waals surface area contributed by atoms with Crippen molar-refractivity contribution in [2.75, 3.05) is 6.61 Å². The van der Waals surface area contributed by atoms with E-state index in [-0.39, 0.29) is 18.1 Å². The highest BCUT2D eigenvalue weighted by Crippen LogP contribution is 2.35. The number of phenols is 1. The number of carbonyl (C=O) groups is 1. The molecule has 3 nitrogen and oxygen atoms in total. The van der Waals surface area contributed by atoms with E-state index in [1.807, 2.05) is 24.3 Å². The van der Waals surface area contributed by atoms with Crippen LogP contribution in [0.3, 0.4) is 0 Å². The molecule has 0 amide bonds. The number of hydrogen-bond donors (Lipinski definition) is 1. The first kappa shape index (κ1) is 22.2. The molecule has 156 valence electrons. The minimum atomic E-state index is -0.0792. The van der Waals surface area contributed by atoms with Crippen LogP contribution in [0.15, 0.2) is 54.6 Å². The molecule has 0 heterocycles. The zero-order chi connectivity index (χ0) is 21.8. The van der Waals surface area contributed by atoms with E-state index in [0.29, 0.717) is 28.1 Å². The fourth-order valence-electron chi connectivity index (χ4n) is 3.21. The number of benzene rings is 3. The summed E-state index contributed by atoms with van der Waals surface area (Å²) in [6.07, 6.45) is 0.502. The third-order valence-electron chi connectivity index (χ3n) is 4.86. The third-order valence-corrected chi connectivity index (χ3v) is 5.54. The van der Waals surface area contributed by atoms with Gasteiger partial charge in [0, 0.05) is 22.0 Å². The Morgan fingerprint density at radius 3 is 2.37 bits per heavy atom. The Morgan fingerprint density at radius 2 is 1.73 bits per heavy atom. The lowest BCUT2D eigenvalue weighted by Gasteiger charge is -2.13. The van der Waals surface area contributed by atoms with Crippen LogP contribution in [0, 0.1) is 0 Å². The molecular formula is C25H24Cl2O3. The lowest BCUT2D eigenvalue weighted by atomic mass is 9.94. The highest BCUT2D eigenvalue weighted by molar-refractivity contribution is 6.36. The summed E-state index contributed by atoms with van der Waals surface area (Å²) in [7, 11) is 0. The lowest BCUT2D eigenvalue weighted by Crippen LogP contribution is -2.06. The topological polar surface area (TPSA) is 46.5 Å². The highest BCUT2D eigenvalue weighted by Gasteiger charge is 2.13. The van der Waals surface area contributed by atoms with Crippen molar-refractivity contribution in [3.63, 3.8) is 0 Å². The van der Waals surface area contributed by atoms with E-state index < -0.39 is 0 Å². The zero-order valence-electron chi connectivity index (χ0n) is 17.2. The summed E-state index contributed by atoms with van der Waals surface area (Å²) in [5, 5.41) is 11.4. The van der Waals surface area contributed by atoms with Crippen LogP contribution < -0.4 is 4.74 Å². The summed E-state index contributed by atoms with van der Waals surface area (Å²) in [5.41, 5.74) is 4.68. The van der Waals surface area contributed by atoms with Gasteiger partial charge < -0.3 is 9.84 Å². The van der Waals surface area contributed by atoms with Gasteiger partial charge in [0.2, 0.25) is 0 Å². The summed E-state index contributed by atoms with van der Waals surface area (Å²) in [6.45, 7) is 5.71. The van der Waals surface area contributed by atoms with Gasteiger partial charge in [-0.25, -0.2) is 0 Å². The normalized spacial score (nSPS) is 11.0. The molecule has 3 aromatic carbocycles. The van der Waals surface area contributed by atoms with Crippen molar-refractivity contribution in [3.05, 3.63) is 81.3 Å². The van der Waals surface area contributed by atoms with Gasteiger partial charge in [0.15, 0.2) is 5.78 Å². The number of ether oxygens (including phenoxy) is 1. The number of phenolic OH excluding ortho intramolecular Hbond substituents is 1. The molecule has 0 unspecified atom stereocenters. The molecule has 0 spiro atoms. The molecule has 0 radical (unpaired) electrons. The van der Waals surface area contributed by atoms with Crippen LogP contribution in [0.1, 0.15) is 43.4 Å². The van der Waals surface area contributed by atoms with Crippen LogP contribution in [0.2, 0.25) is 10.0 Å². The molecule has 0 saturated carbocycles. The molecule has 3 rings (SSSR count). The molecule has 0 saturated heterocycles. The van der Waals surface area contributed by atoms with Crippen molar-refractivity contribution in [2.45, 2.75) is 33.1 Å². The molecule has 0 aliphatic rings. The first-order chi connectivity index (χ1) is 14.2. The van der Waals surface area contributed by atoms with E-state index in [0.717, 1.165) is 22.3 Å². The van der Waals surface area contributed by atoms with Crippen molar-refractivity contribution < 1.29 is 14.6 Å². The summed E-state index contributed by atoms with van der Waals surface area (Å²) >= 11 is 12.9. The number of aromatic hydroxyl groups is 1. The Hall–Kier alpha value is -2.49. The van der Waals surface area contributed by atoms with Crippen LogP contribution in [0.25, 0.3) is 11.1 Å². The summed E-state index contributed by atoms with van der Waals surface area (Å²) in [6, 6.07) is 17.0. The molecule has 0 aliphatic heterocycles. The van der Waals surface area contributed by atoms with E-state index in [9.17, 15) is 9.90 Å². The van der Waals surface area contributed by atoms with Crippen LogP contribution in [0.5, 0.6) is 11.5 Å². The number of halogens is 2. The summed E-state index contributed by atoms with van der Waals surface area (Å²) < 4.78 is 5.41. The SMILES string of the molecule is CC(=O)COc1cc(Cl)c(Cc2ccc(O)c(-c3cccc(C(C)C)c3)c2)c(Cl)c1. The van der Waals surface area contributed by atoms with Gasteiger partial charge in [-0.3, -0.25) is 4.79 Å². The fraction of sp³-hybridized carbons (Fsp3) is 0.240. The van der Waals surface area contributed by atoms with E-state index in [4.69, 9.17) is 27.9 Å². The van der Waals surface area contributed by atoms with Crippen molar-refractivity contribution in [2.24, 2.45) is 0 Å². The second kappa shape index (κ2) is 9.55. The Labute approximate surface area is 187 Å². The largest absolute Gasteiger partial charge is 0.507 e. The molecule has 5 heteroatoms. The van der Waals surface area contributed by atoms with Crippen molar-refractivity contribution in [3.8, 4) is 22.6 Å². The van der Waals surface area contributed by atoms with Crippen molar-refractivity contribution in [1.82, 2.24) is 0 Å². The molecule has 0 aliphatic carbocycles. The average molecular weight is 443 g/mol. The first-order valence-corrected chi connectivity index (χ1v) is 10.5. The highest BCUT2D eigenvalue weighted by atomic mass is 35.5. The Bertz CT molecular complexity index is 1050. The average Bonchev–Trinajstić information content (AvgIpc) is 2.70. The maximum atomic E-state index is 11.1. The maximum absolute atomic E-state index is 11.1. The van der Waals surface area contributed by atoms with Crippen molar-refractivity contribution >= 4 is 29.0 Å². The fourth-order valence-corrected chi connectivity index (χ4v) is 3.81. The minimum absolute atomic E-state index is 0.0250. The molecule has 0 bridgehead atoms. The van der Waals surface area contributed by atoms with Gasteiger partial charge in [0.05, 0.1) is 0 Å². The van der Waals surface area contributed by atoms with Crippen LogP contribution in [-0.2, 0) is 11.2 Å². The van der Waals surface area contributed by atoms with Crippen molar-refractivity contribution in [1.29, 1.82) is 0 Å². The standard InChI is InChI=1S/C25H24Cl2O3/c1-15(2)18-5-4-6-19(11-18)21-9-17(7-8-25(21)29)10-22-23(26)12-20(13-24(22)27)30-14-16(3)28/h4-9,11-13,15,29H,10,14H2,1-3H3. The Morgan fingerprint density at radius 1 is 1.03 bits per heavy atom. The van der Waals surface area contributed by atoms with Gasteiger partial charge in [-0.15, -0.1) is 0 Å². The lowest BCUT2D eigenvalue weighted by molar-refractivity contribution is -0.118. The van der Waals surface area contributed by atoms with Gasteiger partial charge in [0.1, 0.15) is 18.1 Å². The summed E-state index contributed by atoms with van der Waals surface area (Å²) in [4.78, 5) is 11.1. The van der Waals surface area contributed by atoms with Gasteiger partial charge in [-0.1, -0.05) is 67.4 Å². The maximum Gasteiger partial charge on any atom is 0.167 e. The smallest absolute Gasteiger partial charge is 0.167 e. The Balaban J connectivity index is 1.90. The van der Waals surface area contributed by atoms with Crippen LogP contribution in [-0.4, -0.2) is 17.5 Å².